The van der Waals surface area contributed by atoms with Crippen LogP contribution in [0.2, 0.25) is 0 Å². The van der Waals surface area contributed by atoms with Crippen molar-refractivity contribution in [2.75, 3.05) is 50.5 Å². The summed E-state index contributed by atoms with van der Waals surface area (Å²) in [4.78, 5) is 24.1. The lowest BCUT2D eigenvalue weighted by Crippen LogP contribution is -2.43. The van der Waals surface area contributed by atoms with E-state index >= 15 is 0 Å². The van der Waals surface area contributed by atoms with Crippen LogP contribution in [0, 0.1) is 0 Å². The van der Waals surface area contributed by atoms with Gasteiger partial charge in [-0.05, 0) is 67.1 Å². The van der Waals surface area contributed by atoms with Crippen molar-refractivity contribution in [1.82, 2.24) is 19.2 Å². The van der Waals surface area contributed by atoms with Crippen LogP contribution >= 0.6 is 0 Å². The molecule has 0 radical (unpaired) electrons. The number of aryl methyl sites for hydroxylation is 1. The zero-order chi connectivity index (χ0) is 30.0. The first-order chi connectivity index (χ1) is 20.0. The Kier molecular flexibility index (Phi) is 8.38. The third-order valence-corrected chi connectivity index (χ3v) is 7.79. The van der Waals surface area contributed by atoms with Crippen molar-refractivity contribution in [3.05, 3.63) is 102 Å². The van der Waals surface area contributed by atoms with Gasteiger partial charge < -0.3 is 15.1 Å². The minimum atomic E-state index is -4.53. The van der Waals surface area contributed by atoms with Gasteiger partial charge in [0.05, 0.1) is 23.2 Å². The minimum Gasteiger partial charge on any atom is -0.343 e. The van der Waals surface area contributed by atoms with Crippen molar-refractivity contribution < 1.29 is 18.0 Å². The molecule has 4 aromatic rings. The smallest absolute Gasteiger partial charge is 0.343 e. The number of hydrogen-bond acceptors (Lipinski definition) is 5. The number of halogens is 3. The van der Waals surface area contributed by atoms with Crippen molar-refractivity contribution in [3.8, 4) is 0 Å². The highest BCUT2D eigenvalue weighted by atomic mass is 19.4. The molecule has 0 aliphatic carbocycles. The van der Waals surface area contributed by atoms with Crippen LogP contribution in [-0.2, 0) is 19.1 Å². The van der Waals surface area contributed by atoms with Crippen molar-refractivity contribution in [3.63, 3.8) is 0 Å². The van der Waals surface area contributed by atoms with Crippen LogP contribution in [0.4, 0.5) is 24.5 Å². The number of imidazole rings is 1. The van der Waals surface area contributed by atoms with Gasteiger partial charge in [-0.25, -0.2) is 4.98 Å². The van der Waals surface area contributed by atoms with Crippen molar-refractivity contribution in [1.29, 1.82) is 0 Å². The highest BCUT2D eigenvalue weighted by Crippen LogP contribution is 2.33. The molecule has 10 heteroatoms. The van der Waals surface area contributed by atoms with Crippen LogP contribution in [0.15, 0.2) is 73.6 Å². The Labute approximate surface area is 243 Å². The lowest BCUT2D eigenvalue weighted by atomic mass is 10.0. The quantitative estimate of drug-likeness (QED) is 0.278. The van der Waals surface area contributed by atoms with Gasteiger partial charge in [0, 0.05) is 62.9 Å². The summed E-state index contributed by atoms with van der Waals surface area (Å²) in [7, 11) is 3.90. The van der Waals surface area contributed by atoms with E-state index in [-0.39, 0.29) is 5.69 Å². The SMILES string of the molecule is C=C(c1cnc2ccccn12)N(C)c1cc(C(=O)Nc2cc(CN3CCN(C)CC3)cc(C(F)(F)F)c2)ccc1CC. The van der Waals surface area contributed by atoms with E-state index in [1.54, 1.807) is 24.4 Å². The fourth-order valence-electron chi connectivity index (χ4n) is 5.27. The molecule has 1 N–H and O–H groups in total. The number of nitrogens with zero attached hydrogens (tertiary/aromatic N) is 5. The Morgan fingerprint density at radius 1 is 1.07 bits per heavy atom. The molecule has 7 nitrogen and oxygen atoms in total. The van der Waals surface area contributed by atoms with Gasteiger partial charge in [-0.3, -0.25) is 14.1 Å². The predicted octanol–water partition coefficient (Wildman–Crippen LogP) is 6.02. The number of benzene rings is 2. The predicted molar refractivity (Wildman–Crippen MR) is 161 cm³/mol. The van der Waals surface area contributed by atoms with Gasteiger partial charge >= 0.3 is 6.18 Å². The highest BCUT2D eigenvalue weighted by Gasteiger charge is 2.32. The molecule has 2 aromatic heterocycles. The van der Waals surface area contributed by atoms with Gasteiger partial charge in [0.25, 0.3) is 5.91 Å². The van der Waals surface area contributed by atoms with E-state index in [0.717, 1.165) is 54.8 Å². The number of rotatable bonds is 8. The largest absolute Gasteiger partial charge is 0.416 e. The molecular formula is C32H35F3N6O. The molecule has 1 aliphatic heterocycles. The van der Waals surface area contributed by atoms with Gasteiger partial charge in [0.15, 0.2) is 0 Å². The maximum atomic E-state index is 13.8. The van der Waals surface area contributed by atoms with Gasteiger partial charge in [-0.2, -0.15) is 13.2 Å². The lowest BCUT2D eigenvalue weighted by molar-refractivity contribution is -0.137. The number of fused-ring (bicyclic) bond motifs is 1. The molecule has 1 fully saturated rings. The van der Waals surface area contributed by atoms with Crippen LogP contribution in [0.5, 0.6) is 0 Å². The Morgan fingerprint density at radius 2 is 1.83 bits per heavy atom. The molecule has 0 atom stereocenters. The summed E-state index contributed by atoms with van der Waals surface area (Å²) in [6.07, 6.45) is -0.155. The van der Waals surface area contributed by atoms with Crippen molar-refractivity contribution >= 4 is 28.6 Å². The second-order valence-corrected chi connectivity index (χ2v) is 10.7. The van der Waals surface area contributed by atoms with Crippen molar-refractivity contribution in [2.24, 2.45) is 0 Å². The van der Waals surface area contributed by atoms with Crippen LogP contribution in [0.25, 0.3) is 11.3 Å². The normalized spacial score (nSPS) is 14.7. The Morgan fingerprint density at radius 3 is 2.55 bits per heavy atom. The average molecular weight is 577 g/mol. The fraction of sp³-hybridized carbons (Fsp3) is 0.312. The molecule has 0 bridgehead atoms. The van der Waals surface area contributed by atoms with E-state index in [4.69, 9.17) is 0 Å². The first-order valence-corrected chi connectivity index (χ1v) is 13.9. The van der Waals surface area contributed by atoms with Crippen LogP contribution in [-0.4, -0.2) is 65.4 Å². The number of aromatic nitrogens is 2. The number of pyridine rings is 1. The molecule has 5 rings (SSSR count). The summed E-state index contributed by atoms with van der Waals surface area (Å²) >= 11 is 0. The summed E-state index contributed by atoms with van der Waals surface area (Å²) < 4.78 is 43.3. The summed E-state index contributed by atoms with van der Waals surface area (Å²) in [6, 6.07) is 14.8. The Bertz CT molecular complexity index is 1600. The lowest BCUT2D eigenvalue weighted by Gasteiger charge is -2.32. The summed E-state index contributed by atoms with van der Waals surface area (Å²) in [5, 5.41) is 2.72. The zero-order valence-corrected chi connectivity index (χ0v) is 24.1. The number of likely N-dealkylation sites (N-methyl/N-ethyl adjacent to an activating group) is 1. The molecule has 3 heterocycles. The molecule has 1 amide bonds. The number of amides is 1. The zero-order valence-electron chi connectivity index (χ0n) is 24.1. The average Bonchev–Trinajstić information content (AvgIpc) is 3.41. The Hall–Kier alpha value is -4.15. The van der Waals surface area contributed by atoms with Crippen LogP contribution < -0.4 is 10.2 Å². The van der Waals surface area contributed by atoms with E-state index in [0.29, 0.717) is 29.8 Å². The molecule has 0 unspecified atom stereocenters. The first-order valence-electron chi connectivity index (χ1n) is 13.9. The number of carbonyl (C=O) groups excluding carboxylic acids is 1. The summed E-state index contributed by atoms with van der Waals surface area (Å²) in [6.45, 7) is 9.95. The first kappa shape index (κ1) is 29.3. The van der Waals surface area contributed by atoms with Crippen molar-refractivity contribution in [2.45, 2.75) is 26.1 Å². The van der Waals surface area contributed by atoms with Gasteiger partial charge in [0.1, 0.15) is 5.65 Å². The minimum absolute atomic E-state index is 0.114. The van der Waals surface area contributed by atoms with E-state index < -0.39 is 17.6 Å². The third kappa shape index (κ3) is 6.34. The van der Waals surface area contributed by atoms with Gasteiger partial charge in [-0.1, -0.05) is 25.6 Å². The number of alkyl halides is 3. The third-order valence-electron chi connectivity index (χ3n) is 7.79. The van der Waals surface area contributed by atoms with E-state index in [2.05, 4.69) is 26.7 Å². The molecular weight excluding hydrogens is 541 g/mol. The number of carbonyl (C=O) groups is 1. The molecule has 1 saturated heterocycles. The standard InChI is InChI=1S/C32H35F3N6O/c1-5-24-9-10-25(18-28(24)39(4)22(2)29-20-36-30-8-6-7-11-41(29)30)31(42)37-27-17-23(16-26(19-27)32(33,34)35)21-40-14-12-38(3)13-15-40/h6-11,16-20H,2,5,12-15,21H2,1,3-4H3,(H,37,42). The fourth-order valence-corrected chi connectivity index (χ4v) is 5.27. The topological polar surface area (TPSA) is 56.1 Å². The van der Waals surface area contributed by atoms with Crippen LogP contribution in [0.1, 0.15) is 39.7 Å². The van der Waals surface area contributed by atoms with E-state index in [9.17, 15) is 18.0 Å². The van der Waals surface area contributed by atoms with E-state index in [1.165, 1.54) is 6.07 Å². The number of piperazine rings is 1. The monoisotopic (exact) mass is 576 g/mol. The number of anilines is 2. The summed E-state index contributed by atoms with van der Waals surface area (Å²) in [5.41, 5.74) is 4.24. The highest BCUT2D eigenvalue weighted by molar-refractivity contribution is 6.05. The number of nitrogens with one attached hydrogen (secondary N) is 1. The molecule has 1 aliphatic rings. The summed E-state index contributed by atoms with van der Waals surface area (Å²) in [5.74, 6) is -0.488. The molecule has 0 spiro atoms. The molecule has 2 aromatic carbocycles. The maximum Gasteiger partial charge on any atom is 0.416 e. The van der Waals surface area contributed by atoms with Crippen LogP contribution in [0.3, 0.4) is 0 Å². The van der Waals surface area contributed by atoms with Gasteiger partial charge in [0.2, 0.25) is 0 Å². The molecule has 220 valence electrons. The van der Waals surface area contributed by atoms with E-state index in [1.807, 2.05) is 60.8 Å². The second-order valence-electron chi connectivity index (χ2n) is 10.7. The number of hydrogen-bond donors (Lipinski definition) is 1. The molecule has 0 saturated carbocycles. The molecule has 42 heavy (non-hydrogen) atoms. The maximum absolute atomic E-state index is 13.8. The van der Waals surface area contributed by atoms with Gasteiger partial charge in [-0.15, -0.1) is 0 Å². The second kappa shape index (κ2) is 12.0. The Balaban J connectivity index is 1.40.